The highest BCUT2D eigenvalue weighted by molar-refractivity contribution is 9.10. The molecular weight excluding hydrogens is 326 g/mol. The molecule has 0 aliphatic rings. The molecule has 0 radical (unpaired) electrons. The van der Waals surface area contributed by atoms with E-state index in [1.54, 1.807) is 12.1 Å². The van der Waals surface area contributed by atoms with Crippen LogP contribution in [-0.2, 0) is 16.0 Å². The minimum absolute atomic E-state index is 0.0660. The number of aryl methyl sites for hydroxylation is 1. The summed E-state index contributed by atoms with van der Waals surface area (Å²) >= 11 is 3.31. The average molecular weight is 344 g/mol. The van der Waals surface area contributed by atoms with Crippen LogP contribution in [0.5, 0.6) is 0 Å². The van der Waals surface area contributed by atoms with Gasteiger partial charge in [0.15, 0.2) is 0 Å². The highest BCUT2D eigenvalue weighted by atomic mass is 79.9. The molecule has 110 valence electrons. The molecule has 0 heterocycles. The van der Waals surface area contributed by atoms with Crippen molar-refractivity contribution in [2.75, 3.05) is 0 Å². The Morgan fingerprint density at radius 2 is 1.90 bits per heavy atom. The second-order valence-electron chi connectivity index (χ2n) is 5.46. The number of carbonyl (C=O) groups is 1. The van der Waals surface area contributed by atoms with Crippen molar-refractivity contribution in [3.8, 4) is 0 Å². The first-order chi connectivity index (χ1) is 9.19. The molecule has 0 spiro atoms. The number of nitrogens with zero attached hydrogens (tertiary/aromatic N) is 1. The van der Waals surface area contributed by atoms with Crippen molar-refractivity contribution >= 4 is 27.6 Å². The van der Waals surface area contributed by atoms with Crippen LogP contribution >= 0.6 is 15.9 Å². The van der Waals surface area contributed by atoms with Crippen molar-refractivity contribution < 1.29 is 14.5 Å². The van der Waals surface area contributed by atoms with Gasteiger partial charge in [0, 0.05) is 12.1 Å². The van der Waals surface area contributed by atoms with E-state index in [1.807, 2.05) is 20.8 Å². The van der Waals surface area contributed by atoms with Crippen molar-refractivity contribution in [2.24, 2.45) is 0 Å². The molecule has 1 atom stereocenters. The highest BCUT2D eigenvalue weighted by Gasteiger charge is 2.22. The molecule has 1 rings (SSSR count). The van der Waals surface area contributed by atoms with Gasteiger partial charge in [0.1, 0.15) is 10.4 Å². The molecule has 0 fully saturated rings. The zero-order valence-corrected chi connectivity index (χ0v) is 13.3. The lowest BCUT2D eigenvalue weighted by Crippen LogP contribution is -2.29. The van der Waals surface area contributed by atoms with Gasteiger partial charge in [-0.15, -0.1) is 0 Å². The standard InChI is InChI=1S/C14H18BrNO4/c1-14(2,3)20-13(17)12(15)9-6-10-4-7-11(8-5-10)16(18)19/h4-5,7-8,12H,6,9H2,1-3H3. The van der Waals surface area contributed by atoms with Gasteiger partial charge in [-0.3, -0.25) is 14.9 Å². The SMILES string of the molecule is CC(C)(C)OC(=O)C(Br)CCc1ccc([N+](=O)[O-])cc1. The maximum Gasteiger partial charge on any atom is 0.320 e. The smallest absolute Gasteiger partial charge is 0.320 e. The Morgan fingerprint density at radius 1 is 1.35 bits per heavy atom. The molecule has 0 aliphatic heterocycles. The molecule has 0 aromatic heterocycles. The molecule has 0 N–H and O–H groups in total. The molecule has 1 aromatic rings. The van der Waals surface area contributed by atoms with E-state index in [1.165, 1.54) is 12.1 Å². The summed E-state index contributed by atoms with van der Waals surface area (Å²) in [5.74, 6) is -0.292. The van der Waals surface area contributed by atoms with E-state index in [0.717, 1.165) is 5.56 Å². The van der Waals surface area contributed by atoms with Crippen molar-refractivity contribution in [1.29, 1.82) is 0 Å². The third-order valence-corrected chi connectivity index (χ3v) is 3.33. The summed E-state index contributed by atoms with van der Waals surface area (Å²) in [4.78, 5) is 21.5. The van der Waals surface area contributed by atoms with E-state index >= 15 is 0 Å². The van der Waals surface area contributed by atoms with Crippen molar-refractivity contribution in [3.05, 3.63) is 39.9 Å². The van der Waals surface area contributed by atoms with E-state index in [-0.39, 0.29) is 16.5 Å². The summed E-state index contributed by atoms with van der Waals surface area (Å²) in [6.07, 6.45) is 1.22. The van der Waals surface area contributed by atoms with Crippen molar-refractivity contribution in [2.45, 2.75) is 44.0 Å². The van der Waals surface area contributed by atoms with Gasteiger partial charge in [0.25, 0.3) is 5.69 Å². The molecule has 1 unspecified atom stereocenters. The maximum atomic E-state index is 11.8. The highest BCUT2D eigenvalue weighted by Crippen LogP contribution is 2.18. The van der Waals surface area contributed by atoms with E-state index in [0.29, 0.717) is 12.8 Å². The molecule has 0 saturated carbocycles. The van der Waals surface area contributed by atoms with E-state index < -0.39 is 10.5 Å². The van der Waals surface area contributed by atoms with Crippen LogP contribution in [0.25, 0.3) is 0 Å². The second-order valence-corrected chi connectivity index (χ2v) is 6.57. The number of carbonyl (C=O) groups excluding carboxylic acids is 1. The minimum Gasteiger partial charge on any atom is -0.459 e. The number of nitro benzene ring substituents is 1. The summed E-state index contributed by atoms with van der Waals surface area (Å²) in [7, 11) is 0. The number of rotatable bonds is 5. The van der Waals surface area contributed by atoms with Crippen molar-refractivity contribution in [3.63, 3.8) is 0 Å². The van der Waals surface area contributed by atoms with Gasteiger partial charge in [-0.1, -0.05) is 28.1 Å². The van der Waals surface area contributed by atoms with Gasteiger partial charge < -0.3 is 4.74 Å². The number of esters is 1. The van der Waals surface area contributed by atoms with Crippen LogP contribution in [0.4, 0.5) is 5.69 Å². The number of ether oxygens (including phenoxy) is 1. The molecule has 20 heavy (non-hydrogen) atoms. The maximum absolute atomic E-state index is 11.8. The number of hydrogen-bond acceptors (Lipinski definition) is 4. The first kappa shape index (κ1) is 16.6. The minimum atomic E-state index is -0.504. The summed E-state index contributed by atoms with van der Waals surface area (Å²) in [6, 6.07) is 6.33. The summed E-state index contributed by atoms with van der Waals surface area (Å²) in [6.45, 7) is 5.46. The fourth-order valence-corrected chi connectivity index (χ4v) is 1.88. The Morgan fingerprint density at radius 3 is 2.35 bits per heavy atom. The summed E-state index contributed by atoms with van der Waals surface area (Å²) in [5.41, 5.74) is 0.510. The Hall–Kier alpha value is -1.43. The molecule has 0 aliphatic carbocycles. The van der Waals surface area contributed by atoms with Gasteiger partial charge in [-0.2, -0.15) is 0 Å². The quantitative estimate of drug-likeness (QED) is 0.354. The summed E-state index contributed by atoms with van der Waals surface area (Å²) < 4.78 is 5.26. The third-order valence-electron chi connectivity index (χ3n) is 2.50. The molecule has 5 nitrogen and oxygen atoms in total. The fourth-order valence-electron chi connectivity index (χ4n) is 1.56. The number of hydrogen-bond donors (Lipinski definition) is 0. The largest absolute Gasteiger partial charge is 0.459 e. The fraction of sp³-hybridized carbons (Fsp3) is 0.500. The van der Waals surface area contributed by atoms with Crippen molar-refractivity contribution in [1.82, 2.24) is 0 Å². The Balaban J connectivity index is 2.50. The Bertz CT molecular complexity index is 479. The monoisotopic (exact) mass is 343 g/mol. The zero-order chi connectivity index (χ0) is 15.3. The molecule has 1 aromatic carbocycles. The first-order valence-electron chi connectivity index (χ1n) is 6.29. The van der Waals surface area contributed by atoms with Gasteiger partial charge in [-0.25, -0.2) is 0 Å². The average Bonchev–Trinajstić information content (AvgIpc) is 2.34. The van der Waals surface area contributed by atoms with E-state index in [9.17, 15) is 14.9 Å². The number of benzene rings is 1. The number of non-ortho nitro benzene ring substituents is 1. The van der Waals surface area contributed by atoms with E-state index in [2.05, 4.69) is 15.9 Å². The molecular formula is C14H18BrNO4. The van der Waals surface area contributed by atoms with Crippen LogP contribution in [0.3, 0.4) is 0 Å². The number of nitro groups is 1. The number of alkyl halides is 1. The lowest BCUT2D eigenvalue weighted by molar-refractivity contribution is -0.384. The van der Waals surface area contributed by atoms with Crippen LogP contribution in [0.15, 0.2) is 24.3 Å². The Labute approximate surface area is 126 Å². The van der Waals surface area contributed by atoms with Crippen LogP contribution in [0, 0.1) is 10.1 Å². The van der Waals surface area contributed by atoms with Gasteiger partial charge >= 0.3 is 5.97 Å². The lowest BCUT2D eigenvalue weighted by Gasteiger charge is -2.21. The van der Waals surface area contributed by atoms with Gasteiger partial charge in [-0.05, 0) is 39.2 Å². The van der Waals surface area contributed by atoms with Crippen LogP contribution in [-0.4, -0.2) is 21.3 Å². The van der Waals surface area contributed by atoms with Crippen LogP contribution in [0.2, 0.25) is 0 Å². The molecule has 6 heteroatoms. The van der Waals surface area contributed by atoms with E-state index in [4.69, 9.17) is 4.74 Å². The number of halogens is 1. The lowest BCUT2D eigenvalue weighted by atomic mass is 10.1. The Kier molecular flexibility index (Phi) is 5.68. The summed E-state index contributed by atoms with van der Waals surface area (Å²) in [5, 5.41) is 10.5. The molecule has 0 saturated heterocycles. The topological polar surface area (TPSA) is 69.4 Å². The third kappa shape index (κ3) is 5.69. The second kappa shape index (κ2) is 6.83. The van der Waals surface area contributed by atoms with Crippen LogP contribution in [0.1, 0.15) is 32.8 Å². The zero-order valence-electron chi connectivity index (χ0n) is 11.8. The van der Waals surface area contributed by atoms with Gasteiger partial charge in [0.2, 0.25) is 0 Å². The first-order valence-corrected chi connectivity index (χ1v) is 7.21. The predicted molar refractivity (Wildman–Crippen MR) is 80.0 cm³/mol. The predicted octanol–water partition coefficient (Wildman–Crippen LogP) is 3.63. The van der Waals surface area contributed by atoms with Gasteiger partial charge in [0.05, 0.1) is 4.92 Å². The van der Waals surface area contributed by atoms with Crippen LogP contribution < -0.4 is 0 Å². The molecule has 0 bridgehead atoms. The normalized spacial score (nSPS) is 12.8. The molecule has 0 amide bonds.